The molecule has 0 N–H and O–H groups in total. The van der Waals surface area contributed by atoms with E-state index in [2.05, 4.69) is 74.3 Å². The molecular formula is C24H30N2O2. The SMILES string of the molecule is CN(C)CC(C)(C)Oc1ccc(N2C=CC(OCc3ccccc3)=CC2)cc1. The van der Waals surface area contributed by atoms with Gasteiger partial charge >= 0.3 is 0 Å². The van der Waals surface area contributed by atoms with E-state index in [0.717, 1.165) is 30.3 Å². The van der Waals surface area contributed by atoms with Crippen LogP contribution in [0.5, 0.6) is 5.75 Å². The van der Waals surface area contributed by atoms with E-state index in [9.17, 15) is 0 Å². The van der Waals surface area contributed by atoms with Crippen LogP contribution in [0, 0.1) is 0 Å². The quantitative estimate of drug-likeness (QED) is 0.656. The molecule has 0 aromatic heterocycles. The summed E-state index contributed by atoms with van der Waals surface area (Å²) < 4.78 is 12.0. The lowest BCUT2D eigenvalue weighted by molar-refractivity contribution is 0.0775. The molecule has 0 unspecified atom stereocenters. The molecule has 4 heteroatoms. The van der Waals surface area contributed by atoms with Gasteiger partial charge in [0.15, 0.2) is 0 Å². The first-order valence-corrected chi connectivity index (χ1v) is 9.67. The highest BCUT2D eigenvalue weighted by molar-refractivity contribution is 5.53. The van der Waals surface area contributed by atoms with E-state index in [-0.39, 0.29) is 5.60 Å². The Morgan fingerprint density at radius 3 is 2.32 bits per heavy atom. The molecule has 0 saturated carbocycles. The van der Waals surface area contributed by atoms with Crippen LogP contribution in [0.15, 0.2) is 78.7 Å². The second-order valence-electron chi connectivity index (χ2n) is 7.94. The van der Waals surface area contributed by atoms with Crippen molar-refractivity contribution in [1.29, 1.82) is 0 Å². The molecule has 0 radical (unpaired) electrons. The third-order valence-electron chi connectivity index (χ3n) is 4.42. The molecule has 28 heavy (non-hydrogen) atoms. The minimum atomic E-state index is -0.232. The Hall–Kier alpha value is -2.72. The van der Waals surface area contributed by atoms with Crippen molar-refractivity contribution in [3.8, 4) is 5.75 Å². The molecule has 2 aromatic rings. The molecule has 4 nitrogen and oxygen atoms in total. The predicted octanol–water partition coefficient (Wildman–Crippen LogP) is 4.84. The second-order valence-corrected chi connectivity index (χ2v) is 7.94. The fourth-order valence-corrected chi connectivity index (χ4v) is 3.34. The van der Waals surface area contributed by atoms with Crippen LogP contribution < -0.4 is 9.64 Å². The molecule has 2 aromatic carbocycles. The minimum absolute atomic E-state index is 0.232. The lowest BCUT2D eigenvalue weighted by atomic mass is 10.1. The number of likely N-dealkylation sites (N-methyl/N-ethyl adjacent to an activating group) is 1. The van der Waals surface area contributed by atoms with Crippen LogP contribution >= 0.6 is 0 Å². The Morgan fingerprint density at radius 1 is 1.00 bits per heavy atom. The average Bonchev–Trinajstić information content (AvgIpc) is 2.67. The number of benzene rings is 2. The van der Waals surface area contributed by atoms with Gasteiger partial charge in [-0.2, -0.15) is 0 Å². The molecule has 0 bridgehead atoms. The fourth-order valence-electron chi connectivity index (χ4n) is 3.34. The molecule has 0 atom stereocenters. The molecule has 0 fully saturated rings. The first-order valence-electron chi connectivity index (χ1n) is 9.67. The molecule has 3 rings (SSSR count). The standard InChI is InChI=1S/C24H30N2O2/c1-24(2,19-25(3)4)28-23-12-10-21(11-13-23)26-16-14-22(15-17-26)27-18-20-8-6-5-7-9-20/h5-16H,17-19H2,1-4H3. The monoisotopic (exact) mass is 378 g/mol. The molecule has 0 saturated heterocycles. The second kappa shape index (κ2) is 8.98. The van der Waals surface area contributed by atoms with Gasteiger partial charge in [-0.3, -0.25) is 0 Å². The van der Waals surface area contributed by atoms with Gasteiger partial charge in [-0.05, 0) is 69.9 Å². The highest BCUT2D eigenvalue weighted by Crippen LogP contribution is 2.25. The lowest BCUT2D eigenvalue weighted by Crippen LogP contribution is -2.39. The van der Waals surface area contributed by atoms with E-state index < -0.39 is 0 Å². The van der Waals surface area contributed by atoms with Crippen LogP contribution in [0.2, 0.25) is 0 Å². The largest absolute Gasteiger partial charge is 0.489 e. The zero-order valence-electron chi connectivity index (χ0n) is 17.3. The van der Waals surface area contributed by atoms with Gasteiger partial charge in [0.1, 0.15) is 23.7 Å². The number of hydrogen-bond acceptors (Lipinski definition) is 4. The van der Waals surface area contributed by atoms with Crippen molar-refractivity contribution in [3.63, 3.8) is 0 Å². The predicted molar refractivity (Wildman–Crippen MR) is 116 cm³/mol. The fraction of sp³-hybridized carbons (Fsp3) is 0.333. The first-order chi connectivity index (χ1) is 13.4. The first kappa shape index (κ1) is 20.0. The Kier molecular flexibility index (Phi) is 6.42. The number of hydrogen-bond donors (Lipinski definition) is 0. The van der Waals surface area contributed by atoms with Crippen molar-refractivity contribution in [3.05, 3.63) is 84.3 Å². The highest BCUT2D eigenvalue weighted by atomic mass is 16.5. The summed E-state index contributed by atoms with van der Waals surface area (Å²) in [7, 11) is 4.12. The van der Waals surface area contributed by atoms with Gasteiger partial charge in [-0.1, -0.05) is 30.3 Å². The van der Waals surface area contributed by atoms with E-state index in [4.69, 9.17) is 9.47 Å². The summed E-state index contributed by atoms with van der Waals surface area (Å²) >= 11 is 0. The van der Waals surface area contributed by atoms with Crippen LogP contribution in [0.3, 0.4) is 0 Å². The molecule has 1 heterocycles. The highest BCUT2D eigenvalue weighted by Gasteiger charge is 2.20. The van der Waals surface area contributed by atoms with Gasteiger partial charge in [0, 0.05) is 25.0 Å². The van der Waals surface area contributed by atoms with E-state index in [1.807, 2.05) is 36.4 Å². The number of rotatable bonds is 8. The summed E-state index contributed by atoms with van der Waals surface area (Å²) in [4.78, 5) is 4.32. The molecule has 1 aliphatic heterocycles. The maximum absolute atomic E-state index is 6.14. The van der Waals surface area contributed by atoms with Gasteiger partial charge in [0.2, 0.25) is 0 Å². The van der Waals surface area contributed by atoms with E-state index in [1.54, 1.807) is 0 Å². The normalized spacial score (nSPS) is 14.2. The number of nitrogens with zero attached hydrogens (tertiary/aromatic N) is 2. The van der Waals surface area contributed by atoms with E-state index in [0.29, 0.717) is 6.61 Å². The molecule has 0 aliphatic carbocycles. The zero-order chi connectivity index (χ0) is 20.0. The molecule has 0 amide bonds. The van der Waals surface area contributed by atoms with Gasteiger partial charge in [-0.25, -0.2) is 0 Å². The third kappa shape index (κ3) is 5.89. The number of ether oxygens (including phenoxy) is 2. The average molecular weight is 379 g/mol. The maximum Gasteiger partial charge on any atom is 0.120 e. The lowest BCUT2D eigenvalue weighted by Gasteiger charge is -2.30. The van der Waals surface area contributed by atoms with Crippen molar-refractivity contribution < 1.29 is 9.47 Å². The molecule has 0 spiro atoms. The van der Waals surface area contributed by atoms with Crippen molar-refractivity contribution in [1.82, 2.24) is 4.90 Å². The summed E-state index contributed by atoms with van der Waals surface area (Å²) in [6.07, 6.45) is 6.18. The van der Waals surface area contributed by atoms with Crippen LogP contribution in [0.4, 0.5) is 5.69 Å². The molecule has 1 aliphatic rings. The van der Waals surface area contributed by atoms with Crippen LogP contribution in [0.25, 0.3) is 0 Å². The van der Waals surface area contributed by atoms with Crippen molar-refractivity contribution in [2.45, 2.75) is 26.1 Å². The van der Waals surface area contributed by atoms with Crippen LogP contribution in [0.1, 0.15) is 19.4 Å². The van der Waals surface area contributed by atoms with E-state index >= 15 is 0 Å². The van der Waals surface area contributed by atoms with Crippen molar-refractivity contribution in [2.24, 2.45) is 0 Å². The van der Waals surface area contributed by atoms with Gasteiger partial charge in [0.05, 0.1) is 0 Å². The van der Waals surface area contributed by atoms with Crippen LogP contribution in [-0.4, -0.2) is 37.7 Å². The molecular weight excluding hydrogens is 348 g/mol. The topological polar surface area (TPSA) is 24.9 Å². The summed E-state index contributed by atoms with van der Waals surface area (Å²) in [5, 5.41) is 0. The summed E-state index contributed by atoms with van der Waals surface area (Å²) in [5.74, 6) is 1.80. The summed E-state index contributed by atoms with van der Waals surface area (Å²) in [5.41, 5.74) is 2.07. The van der Waals surface area contributed by atoms with Gasteiger partial charge in [0.25, 0.3) is 0 Å². The Bertz CT molecular complexity index is 808. The summed E-state index contributed by atoms with van der Waals surface area (Å²) in [6.45, 7) is 6.45. The zero-order valence-corrected chi connectivity index (χ0v) is 17.3. The van der Waals surface area contributed by atoms with E-state index in [1.165, 1.54) is 5.56 Å². The van der Waals surface area contributed by atoms with Crippen molar-refractivity contribution in [2.75, 3.05) is 32.1 Å². The van der Waals surface area contributed by atoms with Gasteiger partial charge < -0.3 is 19.3 Å². The molecule has 148 valence electrons. The Morgan fingerprint density at radius 2 is 1.71 bits per heavy atom. The van der Waals surface area contributed by atoms with Crippen LogP contribution in [-0.2, 0) is 11.3 Å². The smallest absolute Gasteiger partial charge is 0.120 e. The maximum atomic E-state index is 6.14. The Labute approximate surface area is 168 Å². The van der Waals surface area contributed by atoms with Crippen molar-refractivity contribution >= 4 is 5.69 Å². The number of anilines is 1. The number of allylic oxidation sites excluding steroid dienone is 1. The third-order valence-corrected chi connectivity index (χ3v) is 4.42. The van der Waals surface area contributed by atoms with Gasteiger partial charge in [-0.15, -0.1) is 0 Å². The minimum Gasteiger partial charge on any atom is -0.489 e. The Balaban J connectivity index is 1.53. The summed E-state index contributed by atoms with van der Waals surface area (Å²) in [6, 6.07) is 18.5.